The standard InChI is InChI=1S/C8H10N4O2S/c1-6(4-9)15(13,14)12-7-2-3-8(10)11-5-7/h2-3,5-6,12H,1H3,(H2,10,11). The third kappa shape index (κ3) is 2.82. The van der Waals surface area contributed by atoms with Crippen LogP contribution in [-0.4, -0.2) is 18.7 Å². The van der Waals surface area contributed by atoms with Gasteiger partial charge in [-0.25, -0.2) is 13.4 Å². The molecule has 1 atom stereocenters. The van der Waals surface area contributed by atoms with Crippen molar-refractivity contribution < 1.29 is 8.42 Å². The highest BCUT2D eigenvalue weighted by molar-refractivity contribution is 7.93. The number of hydrogen-bond donors (Lipinski definition) is 2. The molecule has 1 unspecified atom stereocenters. The van der Waals surface area contributed by atoms with Gasteiger partial charge in [-0.3, -0.25) is 4.72 Å². The number of nitrogens with one attached hydrogen (secondary N) is 1. The molecule has 0 amide bonds. The molecule has 0 bridgehead atoms. The van der Waals surface area contributed by atoms with Gasteiger partial charge in [0.25, 0.3) is 0 Å². The molecular weight excluding hydrogens is 216 g/mol. The molecule has 3 N–H and O–H groups in total. The van der Waals surface area contributed by atoms with Crippen LogP contribution in [0.2, 0.25) is 0 Å². The van der Waals surface area contributed by atoms with Crippen molar-refractivity contribution in [2.45, 2.75) is 12.2 Å². The van der Waals surface area contributed by atoms with E-state index in [1.165, 1.54) is 25.3 Å². The minimum atomic E-state index is -3.67. The fourth-order valence-electron chi connectivity index (χ4n) is 0.788. The predicted octanol–water partition coefficient (Wildman–Crippen LogP) is 0.318. The van der Waals surface area contributed by atoms with Gasteiger partial charge in [-0.15, -0.1) is 0 Å². The fourth-order valence-corrected chi connectivity index (χ4v) is 1.55. The van der Waals surface area contributed by atoms with E-state index < -0.39 is 15.3 Å². The molecule has 1 aromatic rings. The molecule has 6 nitrogen and oxygen atoms in total. The number of nitrogen functional groups attached to an aromatic ring is 1. The molecule has 1 aromatic heterocycles. The first kappa shape index (κ1) is 11.3. The number of sulfonamides is 1. The maximum Gasteiger partial charge on any atom is 0.248 e. The van der Waals surface area contributed by atoms with Gasteiger partial charge in [0.1, 0.15) is 5.82 Å². The van der Waals surface area contributed by atoms with Crippen LogP contribution in [0.3, 0.4) is 0 Å². The van der Waals surface area contributed by atoms with Crippen LogP contribution < -0.4 is 10.5 Å². The Morgan fingerprint density at radius 1 is 1.60 bits per heavy atom. The molecule has 15 heavy (non-hydrogen) atoms. The van der Waals surface area contributed by atoms with Crippen molar-refractivity contribution in [3.8, 4) is 6.07 Å². The van der Waals surface area contributed by atoms with Crippen molar-refractivity contribution in [3.63, 3.8) is 0 Å². The predicted molar refractivity (Wildman–Crippen MR) is 56.3 cm³/mol. The number of nitrogens with two attached hydrogens (primary N) is 1. The van der Waals surface area contributed by atoms with Crippen molar-refractivity contribution in [1.82, 2.24) is 4.98 Å². The summed E-state index contributed by atoms with van der Waals surface area (Å²) >= 11 is 0. The zero-order valence-corrected chi connectivity index (χ0v) is 8.82. The molecule has 0 spiro atoms. The maximum atomic E-state index is 11.4. The van der Waals surface area contributed by atoms with E-state index >= 15 is 0 Å². The number of hydrogen-bond acceptors (Lipinski definition) is 5. The lowest BCUT2D eigenvalue weighted by molar-refractivity contribution is 0.597. The van der Waals surface area contributed by atoms with E-state index in [0.29, 0.717) is 5.82 Å². The molecule has 80 valence electrons. The highest BCUT2D eigenvalue weighted by atomic mass is 32.2. The molecule has 0 radical (unpaired) electrons. The topological polar surface area (TPSA) is 109 Å². The molecule has 0 aliphatic heterocycles. The summed E-state index contributed by atoms with van der Waals surface area (Å²) in [5.41, 5.74) is 5.62. The van der Waals surface area contributed by atoms with Crippen LogP contribution in [0.4, 0.5) is 11.5 Å². The molecule has 0 aliphatic rings. The Hall–Kier alpha value is -1.81. The van der Waals surface area contributed by atoms with Crippen molar-refractivity contribution in [2.24, 2.45) is 0 Å². The van der Waals surface area contributed by atoms with E-state index in [9.17, 15) is 8.42 Å². The second-order valence-electron chi connectivity index (χ2n) is 2.89. The second kappa shape index (κ2) is 4.14. The largest absolute Gasteiger partial charge is 0.384 e. The minimum absolute atomic E-state index is 0.284. The summed E-state index contributed by atoms with van der Waals surface area (Å²) in [5.74, 6) is 0.297. The van der Waals surface area contributed by atoms with E-state index in [2.05, 4.69) is 9.71 Å². The maximum absolute atomic E-state index is 11.4. The van der Waals surface area contributed by atoms with Gasteiger partial charge in [0.15, 0.2) is 5.25 Å². The van der Waals surface area contributed by atoms with Crippen molar-refractivity contribution >= 4 is 21.5 Å². The first-order valence-electron chi connectivity index (χ1n) is 4.08. The normalized spacial score (nSPS) is 12.8. The molecule has 0 aromatic carbocycles. The average molecular weight is 226 g/mol. The molecule has 1 heterocycles. The average Bonchev–Trinajstić information content (AvgIpc) is 2.20. The summed E-state index contributed by atoms with van der Waals surface area (Å²) in [4.78, 5) is 3.72. The summed E-state index contributed by atoms with van der Waals surface area (Å²) in [5, 5.41) is 7.37. The summed E-state index contributed by atoms with van der Waals surface area (Å²) < 4.78 is 25.1. The minimum Gasteiger partial charge on any atom is -0.384 e. The molecule has 0 saturated carbocycles. The number of pyridine rings is 1. The Balaban J connectivity index is 2.88. The van der Waals surface area contributed by atoms with E-state index in [1.807, 2.05) is 0 Å². The molecule has 0 fully saturated rings. The van der Waals surface area contributed by atoms with Crippen molar-refractivity contribution in [3.05, 3.63) is 18.3 Å². The van der Waals surface area contributed by atoms with Crippen LogP contribution in [0.5, 0.6) is 0 Å². The molecule has 1 rings (SSSR count). The van der Waals surface area contributed by atoms with Crippen LogP contribution in [0.1, 0.15) is 6.92 Å². The van der Waals surface area contributed by atoms with Gasteiger partial charge in [0.2, 0.25) is 10.0 Å². The third-order valence-electron chi connectivity index (χ3n) is 1.69. The lowest BCUT2D eigenvalue weighted by atomic mass is 10.4. The zero-order chi connectivity index (χ0) is 11.5. The Labute approximate surface area is 87.8 Å². The SMILES string of the molecule is CC(C#N)S(=O)(=O)Nc1ccc(N)nc1. The lowest BCUT2D eigenvalue weighted by Gasteiger charge is -2.08. The van der Waals surface area contributed by atoms with Crippen LogP contribution in [-0.2, 0) is 10.0 Å². The quantitative estimate of drug-likeness (QED) is 0.771. The lowest BCUT2D eigenvalue weighted by Crippen LogP contribution is -2.23. The number of anilines is 2. The summed E-state index contributed by atoms with van der Waals surface area (Å²) in [6.45, 7) is 1.30. The number of nitriles is 1. The van der Waals surface area contributed by atoms with E-state index in [0.717, 1.165) is 0 Å². The number of aromatic nitrogens is 1. The van der Waals surface area contributed by atoms with Crippen LogP contribution in [0, 0.1) is 11.3 Å². The summed E-state index contributed by atoms with van der Waals surface area (Å²) in [6, 6.07) is 4.58. The van der Waals surface area contributed by atoms with Gasteiger partial charge in [0.05, 0.1) is 18.0 Å². The summed E-state index contributed by atoms with van der Waals surface area (Å²) in [6.07, 6.45) is 1.29. The third-order valence-corrected chi connectivity index (χ3v) is 3.25. The van der Waals surface area contributed by atoms with Crippen LogP contribution in [0.15, 0.2) is 18.3 Å². The number of rotatable bonds is 3. The highest BCUT2D eigenvalue weighted by Gasteiger charge is 2.19. The van der Waals surface area contributed by atoms with E-state index in [4.69, 9.17) is 11.0 Å². The van der Waals surface area contributed by atoms with E-state index in [1.54, 1.807) is 6.07 Å². The van der Waals surface area contributed by atoms with Gasteiger partial charge in [-0.05, 0) is 19.1 Å². The van der Waals surface area contributed by atoms with Crippen LogP contribution in [0.25, 0.3) is 0 Å². The fraction of sp³-hybridized carbons (Fsp3) is 0.250. The van der Waals surface area contributed by atoms with Gasteiger partial charge < -0.3 is 5.73 Å². The van der Waals surface area contributed by atoms with Gasteiger partial charge in [0, 0.05) is 0 Å². The van der Waals surface area contributed by atoms with Crippen LogP contribution >= 0.6 is 0 Å². The zero-order valence-electron chi connectivity index (χ0n) is 8.01. The Morgan fingerprint density at radius 3 is 2.73 bits per heavy atom. The van der Waals surface area contributed by atoms with Gasteiger partial charge in [-0.2, -0.15) is 5.26 Å². The first-order chi connectivity index (χ1) is 6.95. The Kier molecular flexibility index (Phi) is 3.11. The van der Waals surface area contributed by atoms with E-state index in [-0.39, 0.29) is 5.69 Å². The molecule has 0 saturated heterocycles. The summed E-state index contributed by atoms with van der Waals surface area (Å²) in [7, 11) is -3.67. The molecular formula is C8H10N4O2S. The Bertz CT molecular complexity index is 474. The van der Waals surface area contributed by atoms with Crippen molar-refractivity contribution in [2.75, 3.05) is 10.5 Å². The first-order valence-corrected chi connectivity index (χ1v) is 5.63. The number of nitrogens with zero attached hydrogens (tertiary/aromatic N) is 2. The smallest absolute Gasteiger partial charge is 0.248 e. The Morgan fingerprint density at radius 2 is 2.27 bits per heavy atom. The molecule has 0 aliphatic carbocycles. The highest BCUT2D eigenvalue weighted by Crippen LogP contribution is 2.11. The van der Waals surface area contributed by atoms with Gasteiger partial charge >= 0.3 is 0 Å². The monoisotopic (exact) mass is 226 g/mol. The second-order valence-corrected chi connectivity index (χ2v) is 4.89. The van der Waals surface area contributed by atoms with Crippen molar-refractivity contribution in [1.29, 1.82) is 5.26 Å². The van der Waals surface area contributed by atoms with Gasteiger partial charge in [-0.1, -0.05) is 0 Å². The molecule has 7 heteroatoms.